The van der Waals surface area contributed by atoms with E-state index >= 15 is 0 Å². The normalized spacial score (nSPS) is 19.4. The van der Waals surface area contributed by atoms with Crippen LogP contribution >= 0.6 is 11.3 Å². The molecule has 1 amide bonds. The zero-order chi connectivity index (χ0) is 20.5. The molecule has 0 aliphatic carbocycles. The van der Waals surface area contributed by atoms with Crippen molar-refractivity contribution in [2.75, 3.05) is 24.5 Å². The number of rotatable bonds is 3. The SMILES string of the molecule is O=C(Oc1ccccc1)N1CCCC1c1nc2c(=O)[nH]c(N3CCCCC3)nc2s1. The van der Waals surface area contributed by atoms with Gasteiger partial charge in [0, 0.05) is 19.6 Å². The summed E-state index contributed by atoms with van der Waals surface area (Å²) in [6, 6.07) is 8.85. The van der Waals surface area contributed by atoms with E-state index in [1.807, 2.05) is 18.2 Å². The molecule has 156 valence electrons. The molecule has 2 aliphatic heterocycles. The highest BCUT2D eigenvalue weighted by Crippen LogP contribution is 2.36. The van der Waals surface area contributed by atoms with Crippen LogP contribution in [0.3, 0.4) is 0 Å². The van der Waals surface area contributed by atoms with Crippen LogP contribution < -0.4 is 15.2 Å². The van der Waals surface area contributed by atoms with Crippen molar-refractivity contribution in [3.05, 3.63) is 45.7 Å². The molecule has 1 aromatic carbocycles. The molecule has 0 radical (unpaired) electrons. The first kappa shape index (κ1) is 19.0. The van der Waals surface area contributed by atoms with Gasteiger partial charge < -0.3 is 9.64 Å². The minimum absolute atomic E-state index is 0.196. The first-order chi connectivity index (χ1) is 14.7. The number of anilines is 1. The number of amides is 1. The van der Waals surface area contributed by atoms with Crippen LogP contribution in [0.1, 0.15) is 43.2 Å². The zero-order valence-electron chi connectivity index (χ0n) is 16.5. The van der Waals surface area contributed by atoms with Crippen LogP contribution in [0.15, 0.2) is 35.1 Å². The second-order valence-corrected chi connectivity index (χ2v) is 8.68. The number of carbonyl (C=O) groups excluding carboxylic acids is 1. The van der Waals surface area contributed by atoms with Crippen molar-refractivity contribution in [1.82, 2.24) is 19.9 Å². The van der Waals surface area contributed by atoms with E-state index in [0.717, 1.165) is 43.8 Å². The van der Waals surface area contributed by atoms with E-state index in [-0.39, 0.29) is 17.7 Å². The molecule has 1 unspecified atom stereocenters. The van der Waals surface area contributed by atoms with Crippen LogP contribution in [0, 0.1) is 0 Å². The third-order valence-electron chi connectivity index (χ3n) is 5.65. The van der Waals surface area contributed by atoms with Crippen molar-refractivity contribution in [3.63, 3.8) is 0 Å². The number of piperidine rings is 1. The molecule has 0 spiro atoms. The average Bonchev–Trinajstić information content (AvgIpc) is 3.42. The van der Waals surface area contributed by atoms with Gasteiger partial charge in [-0.25, -0.2) is 14.8 Å². The maximum absolute atomic E-state index is 12.7. The molecule has 30 heavy (non-hydrogen) atoms. The second-order valence-electron chi connectivity index (χ2n) is 7.68. The number of aromatic amines is 1. The lowest BCUT2D eigenvalue weighted by Crippen LogP contribution is -2.33. The fraction of sp³-hybridized carbons (Fsp3) is 0.429. The first-order valence-corrected chi connectivity index (χ1v) is 11.2. The first-order valence-electron chi connectivity index (χ1n) is 10.4. The lowest BCUT2D eigenvalue weighted by Gasteiger charge is -2.26. The Hall–Kier alpha value is -2.94. The topological polar surface area (TPSA) is 91.4 Å². The predicted molar refractivity (Wildman–Crippen MR) is 115 cm³/mol. The number of hydrogen-bond acceptors (Lipinski definition) is 7. The van der Waals surface area contributed by atoms with E-state index < -0.39 is 0 Å². The monoisotopic (exact) mass is 425 g/mol. The van der Waals surface area contributed by atoms with E-state index in [1.165, 1.54) is 17.8 Å². The number of para-hydroxylation sites is 1. The molecule has 2 saturated heterocycles. The Labute approximate surface area is 177 Å². The molecular formula is C21H23N5O3S. The molecule has 3 aromatic rings. The molecule has 9 heteroatoms. The minimum Gasteiger partial charge on any atom is -0.410 e. The Bertz CT molecular complexity index is 1110. The molecule has 5 rings (SSSR count). The highest BCUT2D eigenvalue weighted by atomic mass is 32.1. The molecule has 2 fully saturated rings. The van der Waals surface area contributed by atoms with Gasteiger partial charge in [-0.1, -0.05) is 29.5 Å². The number of fused-ring (bicyclic) bond motifs is 1. The smallest absolute Gasteiger partial charge is 0.410 e. The number of benzene rings is 1. The Balaban J connectivity index is 1.41. The van der Waals surface area contributed by atoms with Gasteiger partial charge in [-0.3, -0.25) is 14.7 Å². The fourth-order valence-electron chi connectivity index (χ4n) is 4.12. The summed E-state index contributed by atoms with van der Waals surface area (Å²) < 4.78 is 5.52. The number of aromatic nitrogens is 3. The van der Waals surface area contributed by atoms with Crippen LogP contribution in [0.25, 0.3) is 10.3 Å². The summed E-state index contributed by atoms with van der Waals surface area (Å²) in [5, 5.41) is 0.737. The Kier molecular flexibility index (Phi) is 5.12. The van der Waals surface area contributed by atoms with E-state index in [9.17, 15) is 9.59 Å². The van der Waals surface area contributed by atoms with Gasteiger partial charge in [-0.2, -0.15) is 0 Å². The number of nitrogens with zero attached hydrogens (tertiary/aromatic N) is 4. The van der Waals surface area contributed by atoms with Gasteiger partial charge in [0.15, 0.2) is 10.3 Å². The zero-order valence-corrected chi connectivity index (χ0v) is 17.4. The number of thiazole rings is 1. The van der Waals surface area contributed by atoms with E-state index in [4.69, 9.17) is 4.74 Å². The standard InChI is InChI=1S/C21H23N5O3S/c27-17-16-19(24-20(23-17)25-11-5-2-6-12-25)30-18(22-16)15-10-7-13-26(15)21(28)29-14-8-3-1-4-9-14/h1,3-4,8-9,15H,2,5-7,10-13H2,(H,23,24,27). The number of nitrogens with one attached hydrogen (secondary N) is 1. The summed E-state index contributed by atoms with van der Waals surface area (Å²) in [4.78, 5) is 42.0. The average molecular weight is 426 g/mol. The largest absolute Gasteiger partial charge is 0.415 e. The van der Waals surface area contributed by atoms with E-state index in [2.05, 4.69) is 19.9 Å². The molecule has 8 nitrogen and oxygen atoms in total. The van der Waals surface area contributed by atoms with E-state index in [1.54, 1.807) is 17.0 Å². The fourth-order valence-corrected chi connectivity index (χ4v) is 5.21. The highest BCUT2D eigenvalue weighted by molar-refractivity contribution is 7.18. The number of ether oxygens (including phenoxy) is 1. The maximum Gasteiger partial charge on any atom is 0.415 e. The summed E-state index contributed by atoms with van der Waals surface area (Å²) in [6.45, 7) is 2.42. The molecule has 1 atom stereocenters. The third kappa shape index (κ3) is 3.65. The van der Waals surface area contributed by atoms with Crippen LogP contribution in [-0.2, 0) is 0 Å². The molecule has 4 heterocycles. The van der Waals surface area contributed by atoms with Gasteiger partial charge in [0.25, 0.3) is 5.56 Å². The Morgan fingerprint density at radius 3 is 2.67 bits per heavy atom. The number of hydrogen-bond donors (Lipinski definition) is 1. The van der Waals surface area contributed by atoms with Crippen molar-refractivity contribution < 1.29 is 9.53 Å². The Morgan fingerprint density at radius 1 is 1.07 bits per heavy atom. The van der Waals surface area contributed by atoms with E-state index in [0.29, 0.717) is 28.6 Å². The third-order valence-corrected chi connectivity index (χ3v) is 6.70. The van der Waals surface area contributed by atoms with Crippen molar-refractivity contribution in [2.45, 2.75) is 38.1 Å². The molecular weight excluding hydrogens is 402 g/mol. The number of H-pyrrole nitrogens is 1. The summed E-state index contributed by atoms with van der Waals surface area (Å²) in [6.07, 6.45) is 4.70. The number of likely N-dealkylation sites (tertiary alicyclic amines) is 1. The predicted octanol–water partition coefficient (Wildman–Crippen LogP) is 3.71. The van der Waals surface area contributed by atoms with Crippen molar-refractivity contribution in [1.29, 1.82) is 0 Å². The minimum atomic E-state index is -0.390. The molecule has 2 aliphatic rings. The van der Waals surface area contributed by atoms with Gasteiger partial charge in [0.1, 0.15) is 10.8 Å². The van der Waals surface area contributed by atoms with Gasteiger partial charge in [0.2, 0.25) is 5.95 Å². The summed E-state index contributed by atoms with van der Waals surface area (Å²) in [5.41, 5.74) is 0.124. The Morgan fingerprint density at radius 2 is 1.87 bits per heavy atom. The second kappa shape index (κ2) is 8.06. The van der Waals surface area contributed by atoms with Gasteiger partial charge in [-0.05, 0) is 44.2 Å². The summed E-state index contributed by atoms with van der Waals surface area (Å²) >= 11 is 1.40. The quantitative estimate of drug-likeness (QED) is 0.688. The molecule has 0 bridgehead atoms. The van der Waals surface area contributed by atoms with Gasteiger partial charge >= 0.3 is 6.09 Å². The van der Waals surface area contributed by atoms with Crippen LogP contribution in [-0.4, -0.2) is 45.6 Å². The lowest BCUT2D eigenvalue weighted by molar-refractivity contribution is 0.147. The summed E-state index contributed by atoms with van der Waals surface area (Å²) in [7, 11) is 0. The van der Waals surface area contributed by atoms with Crippen LogP contribution in [0.4, 0.5) is 10.7 Å². The van der Waals surface area contributed by atoms with Gasteiger partial charge in [0.05, 0.1) is 6.04 Å². The van der Waals surface area contributed by atoms with Crippen LogP contribution in [0.5, 0.6) is 5.75 Å². The highest BCUT2D eigenvalue weighted by Gasteiger charge is 2.34. The maximum atomic E-state index is 12.7. The van der Waals surface area contributed by atoms with Crippen LogP contribution in [0.2, 0.25) is 0 Å². The molecule has 2 aromatic heterocycles. The van der Waals surface area contributed by atoms with Crippen molar-refractivity contribution >= 4 is 33.7 Å². The summed E-state index contributed by atoms with van der Waals surface area (Å²) in [5.74, 6) is 1.14. The lowest BCUT2D eigenvalue weighted by atomic mass is 10.1. The van der Waals surface area contributed by atoms with Gasteiger partial charge in [-0.15, -0.1) is 0 Å². The van der Waals surface area contributed by atoms with Crippen molar-refractivity contribution in [2.24, 2.45) is 0 Å². The van der Waals surface area contributed by atoms with Crippen molar-refractivity contribution in [3.8, 4) is 5.75 Å². The molecule has 1 N–H and O–H groups in total. The number of carbonyl (C=O) groups is 1. The molecule has 0 saturated carbocycles.